The molecule has 1 aromatic rings. The summed E-state index contributed by atoms with van der Waals surface area (Å²) in [5, 5.41) is 11.5. The van der Waals surface area contributed by atoms with Gasteiger partial charge in [-0.3, -0.25) is 0 Å². The Morgan fingerprint density at radius 2 is 1.89 bits per heavy atom. The number of hydrogen-bond donors (Lipinski definition) is 1. The van der Waals surface area contributed by atoms with Crippen molar-refractivity contribution in [3.05, 3.63) is 22.9 Å². The molecule has 4 nitrogen and oxygen atoms in total. The monoisotopic (exact) mass is 256 g/mol. The number of piperidine rings is 1. The number of pyridine rings is 1. The third-order valence-corrected chi connectivity index (χ3v) is 4.04. The molecular formula is C15H20N4. The van der Waals surface area contributed by atoms with E-state index in [1.54, 1.807) is 0 Å². The Balaban J connectivity index is 1.84. The van der Waals surface area contributed by atoms with E-state index in [9.17, 15) is 5.26 Å². The Morgan fingerprint density at radius 1 is 1.11 bits per heavy atom. The molecule has 2 aliphatic rings. The first kappa shape index (κ1) is 12.4. The van der Waals surface area contributed by atoms with E-state index in [0.717, 1.165) is 31.7 Å². The van der Waals surface area contributed by atoms with Crippen molar-refractivity contribution in [2.75, 3.05) is 18.5 Å². The maximum absolute atomic E-state index is 9.30. The van der Waals surface area contributed by atoms with E-state index in [1.165, 1.54) is 43.4 Å². The van der Waals surface area contributed by atoms with Crippen molar-refractivity contribution in [2.24, 2.45) is 0 Å². The maximum atomic E-state index is 9.30. The minimum absolute atomic E-state index is 0.686. The highest BCUT2D eigenvalue weighted by atomic mass is 15.5. The topological polar surface area (TPSA) is 52.0 Å². The van der Waals surface area contributed by atoms with Crippen LogP contribution in [0.2, 0.25) is 0 Å². The molecule has 0 saturated carbocycles. The Labute approximate surface area is 114 Å². The summed E-state index contributed by atoms with van der Waals surface area (Å²) in [5.74, 6) is 0.755. The molecule has 1 fully saturated rings. The second-order valence-electron chi connectivity index (χ2n) is 5.47. The van der Waals surface area contributed by atoms with Crippen LogP contribution >= 0.6 is 0 Å². The highest BCUT2D eigenvalue weighted by molar-refractivity contribution is 5.54. The van der Waals surface area contributed by atoms with Gasteiger partial charge in [0, 0.05) is 18.8 Å². The fraction of sp³-hybridized carbons (Fsp3) is 0.600. The summed E-state index contributed by atoms with van der Waals surface area (Å²) in [6.07, 6.45) is 8.31. The second-order valence-corrected chi connectivity index (χ2v) is 5.47. The van der Waals surface area contributed by atoms with Gasteiger partial charge in [-0.1, -0.05) is 6.42 Å². The van der Waals surface area contributed by atoms with Crippen LogP contribution in [0, 0.1) is 11.3 Å². The number of hydrazine groups is 1. The SMILES string of the molecule is N#Cc1cc2c(nc1NN1CCCCC1)CCCC2. The number of rotatable bonds is 2. The number of nitrogens with one attached hydrogen (secondary N) is 1. The lowest BCUT2D eigenvalue weighted by atomic mass is 9.95. The molecule has 19 heavy (non-hydrogen) atoms. The quantitative estimate of drug-likeness (QED) is 0.883. The van der Waals surface area contributed by atoms with Gasteiger partial charge in [0.25, 0.3) is 0 Å². The van der Waals surface area contributed by atoms with Crippen LogP contribution in [0.4, 0.5) is 5.82 Å². The normalized spacial score (nSPS) is 19.5. The summed E-state index contributed by atoms with van der Waals surface area (Å²) >= 11 is 0. The lowest BCUT2D eigenvalue weighted by molar-refractivity contribution is 0.272. The molecule has 2 heterocycles. The van der Waals surface area contributed by atoms with Gasteiger partial charge in [-0.25, -0.2) is 9.99 Å². The van der Waals surface area contributed by atoms with Crippen LogP contribution in [0.25, 0.3) is 0 Å². The van der Waals surface area contributed by atoms with E-state index >= 15 is 0 Å². The number of hydrogen-bond acceptors (Lipinski definition) is 4. The maximum Gasteiger partial charge on any atom is 0.158 e. The molecule has 1 aromatic heterocycles. The highest BCUT2D eigenvalue weighted by Crippen LogP contribution is 2.25. The van der Waals surface area contributed by atoms with E-state index in [0.29, 0.717) is 5.56 Å². The molecule has 1 aliphatic heterocycles. The number of anilines is 1. The minimum atomic E-state index is 0.686. The standard InChI is InChI=1S/C15H20N4/c16-11-13-10-12-6-2-3-7-14(12)17-15(13)18-19-8-4-1-5-9-19/h10H,1-9H2,(H,17,18). The molecule has 0 radical (unpaired) electrons. The van der Waals surface area contributed by atoms with Crippen molar-refractivity contribution < 1.29 is 0 Å². The van der Waals surface area contributed by atoms with Gasteiger partial charge in [0.05, 0.1) is 5.56 Å². The van der Waals surface area contributed by atoms with Crippen LogP contribution in [-0.4, -0.2) is 23.1 Å². The predicted molar refractivity (Wildman–Crippen MR) is 74.6 cm³/mol. The summed E-state index contributed by atoms with van der Waals surface area (Å²) in [6, 6.07) is 4.32. The van der Waals surface area contributed by atoms with Gasteiger partial charge in [-0.05, 0) is 50.2 Å². The van der Waals surface area contributed by atoms with Crippen molar-refractivity contribution in [2.45, 2.75) is 44.9 Å². The third kappa shape index (κ3) is 2.71. The van der Waals surface area contributed by atoms with Crippen LogP contribution in [0.5, 0.6) is 0 Å². The molecule has 1 saturated heterocycles. The molecule has 0 spiro atoms. The molecule has 0 bridgehead atoms. The van der Waals surface area contributed by atoms with Gasteiger partial charge in [-0.15, -0.1) is 0 Å². The van der Waals surface area contributed by atoms with Crippen molar-refractivity contribution >= 4 is 5.82 Å². The molecule has 0 amide bonds. The van der Waals surface area contributed by atoms with E-state index in [4.69, 9.17) is 4.98 Å². The molecule has 1 aliphatic carbocycles. The number of nitriles is 1. The summed E-state index contributed by atoms with van der Waals surface area (Å²) in [4.78, 5) is 4.70. The predicted octanol–water partition coefficient (Wildman–Crippen LogP) is 2.64. The van der Waals surface area contributed by atoms with Gasteiger partial charge in [0.15, 0.2) is 5.82 Å². The Hall–Kier alpha value is -1.60. The molecule has 0 atom stereocenters. The van der Waals surface area contributed by atoms with E-state index < -0.39 is 0 Å². The number of aryl methyl sites for hydroxylation is 2. The Morgan fingerprint density at radius 3 is 2.68 bits per heavy atom. The fourth-order valence-electron chi connectivity index (χ4n) is 2.96. The Kier molecular flexibility index (Phi) is 3.65. The molecule has 0 unspecified atom stereocenters. The van der Waals surface area contributed by atoms with Crippen molar-refractivity contribution in [3.8, 4) is 6.07 Å². The Bertz CT molecular complexity index is 498. The van der Waals surface area contributed by atoms with Gasteiger partial charge >= 0.3 is 0 Å². The number of fused-ring (bicyclic) bond motifs is 1. The number of aromatic nitrogens is 1. The van der Waals surface area contributed by atoms with Gasteiger partial charge in [0.1, 0.15) is 6.07 Å². The van der Waals surface area contributed by atoms with Crippen LogP contribution in [-0.2, 0) is 12.8 Å². The van der Waals surface area contributed by atoms with Crippen LogP contribution < -0.4 is 5.43 Å². The fourth-order valence-corrected chi connectivity index (χ4v) is 2.96. The summed E-state index contributed by atoms with van der Waals surface area (Å²) in [5.41, 5.74) is 6.49. The molecule has 1 N–H and O–H groups in total. The molecule has 3 rings (SSSR count). The average Bonchev–Trinajstić information content (AvgIpc) is 2.47. The van der Waals surface area contributed by atoms with E-state index in [1.807, 2.05) is 6.07 Å². The molecule has 0 aromatic carbocycles. The summed E-state index contributed by atoms with van der Waals surface area (Å²) in [7, 11) is 0. The van der Waals surface area contributed by atoms with Gasteiger partial charge < -0.3 is 5.43 Å². The molecule has 100 valence electrons. The first-order chi connectivity index (χ1) is 9.36. The summed E-state index contributed by atoms with van der Waals surface area (Å²) < 4.78 is 0. The largest absolute Gasteiger partial charge is 0.302 e. The van der Waals surface area contributed by atoms with Crippen molar-refractivity contribution in [1.82, 2.24) is 9.99 Å². The van der Waals surface area contributed by atoms with Crippen LogP contribution in [0.15, 0.2) is 6.07 Å². The average molecular weight is 256 g/mol. The zero-order valence-corrected chi connectivity index (χ0v) is 11.3. The van der Waals surface area contributed by atoms with Crippen molar-refractivity contribution in [1.29, 1.82) is 5.26 Å². The minimum Gasteiger partial charge on any atom is -0.302 e. The van der Waals surface area contributed by atoms with E-state index in [-0.39, 0.29) is 0 Å². The van der Waals surface area contributed by atoms with Gasteiger partial charge in [0.2, 0.25) is 0 Å². The van der Waals surface area contributed by atoms with Crippen LogP contribution in [0.1, 0.15) is 48.9 Å². The highest BCUT2D eigenvalue weighted by Gasteiger charge is 2.17. The van der Waals surface area contributed by atoms with Crippen molar-refractivity contribution in [3.63, 3.8) is 0 Å². The van der Waals surface area contributed by atoms with Crippen LogP contribution in [0.3, 0.4) is 0 Å². The smallest absolute Gasteiger partial charge is 0.158 e. The molecule has 4 heteroatoms. The lowest BCUT2D eigenvalue weighted by Crippen LogP contribution is -2.35. The van der Waals surface area contributed by atoms with E-state index in [2.05, 4.69) is 16.5 Å². The zero-order chi connectivity index (χ0) is 13.1. The van der Waals surface area contributed by atoms with Gasteiger partial charge in [-0.2, -0.15) is 5.26 Å². The second kappa shape index (κ2) is 5.58. The zero-order valence-electron chi connectivity index (χ0n) is 11.3. The lowest BCUT2D eigenvalue weighted by Gasteiger charge is -2.28. The third-order valence-electron chi connectivity index (χ3n) is 4.04. The molecular weight excluding hydrogens is 236 g/mol. The summed E-state index contributed by atoms with van der Waals surface area (Å²) in [6.45, 7) is 2.09. The first-order valence-corrected chi connectivity index (χ1v) is 7.31. The first-order valence-electron chi connectivity index (χ1n) is 7.31. The number of nitrogens with zero attached hydrogens (tertiary/aromatic N) is 3.